The van der Waals surface area contributed by atoms with Crippen molar-refractivity contribution in [2.45, 2.75) is 38.4 Å². The summed E-state index contributed by atoms with van der Waals surface area (Å²) in [4.78, 5) is 0. The Morgan fingerprint density at radius 2 is 1.88 bits per heavy atom. The molecule has 26 heavy (non-hydrogen) atoms. The van der Waals surface area contributed by atoms with Crippen LogP contribution in [0.4, 0.5) is 13.2 Å². The second-order valence-electron chi connectivity index (χ2n) is 6.91. The minimum Gasteiger partial charge on any atom is -0.310 e. The van der Waals surface area contributed by atoms with E-state index >= 15 is 0 Å². The zero-order valence-electron chi connectivity index (χ0n) is 14.9. The molecule has 138 valence electrons. The maximum Gasteiger partial charge on any atom is 0.395 e. The Labute approximate surface area is 152 Å². The third-order valence-electron chi connectivity index (χ3n) is 4.99. The van der Waals surface area contributed by atoms with Crippen molar-refractivity contribution >= 4 is 10.8 Å². The lowest BCUT2D eigenvalue weighted by molar-refractivity contribution is -0.161. The number of nitrogens with one attached hydrogen (secondary N) is 1. The number of halogens is 3. The highest BCUT2D eigenvalue weighted by Crippen LogP contribution is 2.35. The minimum absolute atomic E-state index is 0.0961. The van der Waals surface area contributed by atoms with Gasteiger partial charge in [-0.25, -0.2) is 0 Å². The van der Waals surface area contributed by atoms with Gasteiger partial charge in [-0.2, -0.15) is 13.2 Å². The third kappa shape index (κ3) is 4.55. The molecule has 1 nitrogen and oxygen atoms in total. The van der Waals surface area contributed by atoms with Gasteiger partial charge < -0.3 is 5.32 Å². The summed E-state index contributed by atoms with van der Waals surface area (Å²) in [5.74, 6) is -1.33. The molecule has 0 spiro atoms. The standard InChI is InChI=1S/C22H24F3N/c1-16(20-13-5-10-18-9-2-3-12-21(18)20)26-14-6-8-17-7-4-11-19(15-17)22(23,24)25/h2-5,7,9-13,16,19,26H,6,8,14-15H2,1H3/t16-,19?/m1/s1. The molecule has 0 amide bonds. The van der Waals surface area contributed by atoms with E-state index in [1.54, 1.807) is 6.08 Å². The van der Waals surface area contributed by atoms with E-state index in [4.69, 9.17) is 0 Å². The van der Waals surface area contributed by atoms with E-state index in [-0.39, 0.29) is 12.5 Å². The Kier molecular flexibility index (Phi) is 5.82. The second kappa shape index (κ2) is 8.09. The third-order valence-corrected chi connectivity index (χ3v) is 4.99. The molecule has 1 aliphatic rings. The van der Waals surface area contributed by atoms with E-state index in [0.29, 0.717) is 6.42 Å². The normalized spacial score (nSPS) is 18.8. The largest absolute Gasteiger partial charge is 0.395 e. The van der Waals surface area contributed by atoms with Crippen molar-refractivity contribution in [1.29, 1.82) is 0 Å². The quantitative estimate of drug-likeness (QED) is 0.594. The van der Waals surface area contributed by atoms with Gasteiger partial charge in [0.2, 0.25) is 0 Å². The average molecular weight is 359 g/mol. The number of benzene rings is 2. The van der Waals surface area contributed by atoms with Crippen LogP contribution >= 0.6 is 0 Å². The van der Waals surface area contributed by atoms with Crippen LogP contribution in [0.15, 0.2) is 66.3 Å². The Bertz CT molecular complexity index is 799. The predicted molar refractivity (Wildman–Crippen MR) is 101 cm³/mol. The summed E-state index contributed by atoms with van der Waals surface area (Å²) >= 11 is 0. The molecule has 0 saturated heterocycles. The van der Waals surface area contributed by atoms with E-state index in [9.17, 15) is 13.2 Å². The Morgan fingerprint density at radius 1 is 1.12 bits per heavy atom. The minimum atomic E-state index is -4.14. The first-order valence-electron chi connectivity index (χ1n) is 9.09. The van der Waals surface area contributed by atoms with Crippen molar-refractivity contribution in [3.05, 3.63) is 71.8 Å². The van der Waals surface area contributed by atoms with Gasteiger partial charge in [0.1, 0.15) is 0 Å². The molecule has 0 aromatic heterocycles. The van der Waals surface area contributed by atoms with Crippen LogP contribution in [0.1, 0.15) is 37.8 Å². The van der Waals surface area contributed by atoms with Crippen LogP contribution in [0.3, 0.4) is 0 Å². The smallest absolute Gasteiger partial charge is 0.310 e. The summed E-state index contributed by atoms with van der Waals surface area (Å²) in [5, 5.41) is 5.96. The lowest BCUT2D eigenvalue weighted by atomic mass is 9.91. The highest BCUT2D eigenvalue weighted by Gasteiger charge is 2.38. The van der Waals surface area contributed by atoms with E-state index in [2.05, 4.69) is 42.6 Å². The summed E-state index contributed by atoms with van der Waals surface area (Å²) in [6, 6.07) is 14.8. The monoisotopic (exact) mass is 359 g/mol. The van der Waals surface area contributed by atoms with Crippen LogP contribution in [0.5, 0.6) is 0 Å². The molecule has 2 atom stereocenters. The van der Waals surface area contributed by atoms with Gasteiger partial charge in [-0.1, -0.05) is 66.3 Å². The highest BCUT2D eigenvalue weighted by atomic mass is 19.4. The Hall–Kier alpha value is -2.07. The maximum atomic E-state index is 12.8. The summed E-state index contributed by atoms with van der Waals surface area (Å²) < 4.78 is 38.5. The molecule has 1 aliphatic carbocycles. The lowest BCUT2D eigenvalue weighted by Gasteiger charge is -2.21. The van der Waals surface area contributed by atoms with E-state index in [1.807, 2.05) is 18.2 Å². The van der Waals surface area contributed by atoms with Crippen molar-refractivity contribution in [2.75, 3.05) is 6.54 Å². The molecule has 1 unspecified atom stereocenters. The molecule has 3 rings (SSSR count). The fourth-order valence-corrected chi connectivity index (χ4v) is 3.53. The van der Waals surface area contributed by atoms with Crippen molar-refractivity contribution < 1.29 is 13.2 Å². The van der Waals surface area contributed by atoms with Gasteiger partial charge in [0, 0.05) is 6.04 Å². The molecule has 0 heterocycles. The molecule has 0 aliphatic heterocycles. The van der Waals surface area contributed by atoms with Gasteiger partial charge in [-0.15, -0.1) is 0 Å². The number of alkyl halides is 3. The van der Waals surface area contributed by atoms with E-state index in [0.717, 1.165) is 18.5 Å². The van der Waals surface area contributed by atoms with E-state index < -0.39 is 12.1 Å². The fourth-order valence-electron chi connectivity index (χ4n) is 3.53. The number of allylic oxidation sites excluding steroid dienone is 4. The highest BCUT2D eigenvalue weighted by molar-refractivity contribution is 5.86. The number of hydrogen-bond donors (Lipinski definition) is 1. The van der Waals surface area contributed by atoms with Crippen LogP contribution < -0.4 is 5.32 Å². The first-order chi connectivity index (χ1) is 12.4. The zero-order valence-corrected chi connectivity index (χ0v) is 14.9. The topological polar surface area (TPSA) is 12.0 Å². The van der Waals surface area contributed by atoms with E-state index in [1.165, 1.54) is 22.4 Å². The first kappa shape index (κ1) is 18.7. The van der Waals surface area contributed by atoms with Gasteiger partial charge in [-0.3, -0.25) is 0 Å². The van der Waals surface area contributed by atoms with Gasteiger partial charge >= 0.3 is 6.18 Å². The Morgan fingerprint density at radius 3 is 2.69 bits per heavy atom. The fraction of sp³-hybridized carbons (Fsp3) is 0.364. The molecule has 1 N–H and O–H groups in total. The Balaban J connectivity index is 1.51. The number of hydrogen-bond acceptors (Lipinski definition) is 1. The molecule has 0 saturated carbocycles. The van der Waals surface area contributed by atoms with Crippen molar-refractivity contribution in [3.8, 4) is 0 Å². The van der Waals surface area contributed by atoms with Crippen LogP contribution in [0.2, 0.25) is 0 Å². The predicted octanol–water partition coefficient (Wildman–Crippen LogP) is 6.34. The number of fused-ring (bicyclic) bond motifs is 1. The summed E-state index contributed by atoms with van der Waals surface area (Å²) in [5.41, 5.74) is 2.13. The van der Waals surface area contributed by atoms with Crippen LogP contribution in [-0.4, -0.2) is 12.7 Å². The molecule has 0 radical (unpaired) electrons. The molecule has 2 aromatic carbocycles. The van der Waals surface area contributed by atoms with Crippen LogP contribution in [0.25, 0.3) is 10.8 Å². The van der Waals surface area contributed by atoms with Gasteiger partial charge in [0.05, 0.1) is 5.92 Å². The summed E-state index contributed by atoms with van der Waals surface area (Å²) in [6.45, 7) is 2.91. The SMILES string of the molecule is C[C@@H](NCCCC1=CC=CC(C(F)(F)F)C1)c1cccc2ccccc12. The van der Waals surface area contributed by atoms with Crippen LogP contribution in [0, 0.1) is 5.92 Å². The molecular weight excluding hydrogens is 335 g/mol. The molecule has 0 fully saturated rings. The van der Waals surface area contributed by atoms with Crippen LogP contribution in [-0.2, 0) is 0 Å². The van der Waals surface area contributed by atoms with Crippen molar-refractivity contribution in [1.82, 2.24) is 5.32 Å². The van der Waals surface area contributed by atoms with Gasteiger partial charge in [0.15, 0.2) is 0 Å². The van der Waals surface area contributed by atoms with Crippen molar-refractivity contribution in [2.24, 2.45) is 5.92 Å². The summed E-state index contributed by atoms with van der Waals surface area (Å²) in [7, 11) is 0. The molecule has 4 heteroatoms. The molecular formula is C22H24F3N. The zero-order chi connectivity index (χ0) is 18.6. The maximum absolute atomic E-state index is 12.8. The average Bonchev–Trinajstić information content (AvgIpc) is 2.64. The number of rotatable bonds is 6. The second-order valence-corrected chi connectivity index (χ2v) is 6.91. The first-order valence-corrected chi connectivity index (χ1v) is 9.09. The summed E-state index contributed by atoms with van der Waals surface area (Å²) in [6.07, 6.45) is 2.12. The lowest BCUT2D eigenvalue weighted by Crippen LogP contribution is -2.23. The van der Waals surface area contributed by atoms with Gasteiger partial charge in [0.25, 0.3) is 0 Å². The molecule has 0 bridgehead atoms. The molecule has 2 aromatic rings. The van der Waals surface area contributed by atoms with Gasteiger partial charge in [-0.05, 0) is 49.1 Å². The van der Waals surface area contributed by atoms with Crippen molar-refractivity contribution in [3.63, 3.8) is 0 Å².